The average Bonchev–Trinajstić information content (AvgIpc) is 2.90. The Balaban J connectivity index is 2.07. The molecule has 0 amide bonds. The fourth-order valence-electron chi connectivity index (χ4n) is 2.60. The first-order valence-electron chi connectivity index (χ1n) is 7.03. The maximum atomic E-state index is 11.8. The van der Waals surface area contributed by atoms with Gasteiger partial charge in [-0.2, -0.15) is 5.26 Å². The molecule has 0 aliphatic carbocycles. The number of aromatic amines is 1. The molecule has 3 rings (SSSR count). The highest BCUT2D eigenvalue weighted by Gasteiger charge is 2.25. The minimum Gasteiger partial charge on any atom is -0.275 e. The Morgan fingerprint density at radius 3 is 2.57 bits per heavy atom. The lowest BCUT2D eigenvalue weighted by atomic mass is 10.1. The van der Waals surface area contributed by atoms with Crippen molar-refractivity contribution in [2.45, 2.75) is 19.3 Å². The Hall–Kier alpha value is -2.10. The average molecular weight is 300 g/mol. The van der Waals surface area contributed by atoms with E-state index in [0.717, 1.165) is 31.6 Å². The lowest BCUT2D eigenvalue weighted by molar-refractivity contribution is 0.232. The fraction of sp³-hybridized carbons (Fsp3) is 0.333. The van der Waals surface area contributed by atoms with Crippen molar-refractivity contribution in [1.29, 1.82) is 5.26 Å². The van der Waals surface area contributed by atoms with Crippen LogP contribution in [0.3, 0.4) is 0 Å². The molecule has 0 radical (unpaired) electrons. The van der Waals surface area contributed by atoms with Crippen molar-refractivity contribution in [2.24, 2.45) is 0 Å². The number of anilines is 2. The van der Waals surface area contributed by atoms with Gasteiger partial charge in [0.2, 0.25) is 0 Å². The third-order valence-electron chi connectivity index (χ3n) is 3.60. The highest BCUT2D eigenvalue weighted by atomic mass is 32.1. The minimum absolute atomic E-state index is 0.189. The molecule has 1 aromatic heterocycles. The molecule has 1 aliphatic rings. The Kier molecular flexibility index (Phi) is 4.04. The molecule has 2 aromatic rings. The van der Waals surface area contributed by atoms with Gasteiger partial charge in [0.05, 0.1) is 5.69 Å². The van der Waals surface area contributed by atoms with Gasteiger partial charge in [-0.1, -0.05) is 24.6 Å². The molecule has 1 N–H and O–H groups in total. The van der Waals surface area contributed by atoms with E-state index in [0.29, 0.717) is 5.00 Å². The Bertz CT molecular complexity index is 694. The molecule has 21 heavy (non-hydrogen) atoms. The van der Waals surface area contributed by atoms with E-state index in [1.54, 1.807) is 0 Å². The van der Waals surface area contributed by atoms with E-state index in [9.17, 15) is 10.1 Å². The number of nitrogens with one attached hydrogen (secondary N) is 1. The van der Waals surface area contributed by atoms with Crippen LogP contribution < -0.4 is 10.6 Å². The van der Waals surface area contributed by atoms with Crippen molar-refractivity contribution in [3.63, 3.8) is 0 Å². The minimum atomic E-state index is -0.310. The van der Waals surface area contributed by atoms with Crippen molar-refractivity contribution in [1.82, 2.24) is 9.38 Å². The number of hydrazine groups is 1. The van der Waals surface area contributed by atoms with Crippen LogP contribution in [0.5, 0.6) is 0 Å². The molecular weight excluding hydrogens is 284 g/mol. The van der Waals surface area contributed by atoms with Gasteiger partial charge in [-0.3, -0.25) is 14.2 Å². The third kappa shape index (κ3) is 2.71. The van der Waals surface area contributed by atoms with E-state index in [-0.39, 0.29) is 11.1 Å². The van der Waals surface area contributed by atoms with Crippen LogP contribution in [0.25, 0.3) is 0 Å². The SMILES string of the molecule is N#Cc1c(N(c2ccccc2)N2CCCCC2)s[nH]c1=O. The van der Waals surface area contributed by atoms with E-state index in [4.69, 9.17) is 0 Å². The second-order valence-electron chi connectivity index (χ2n) is 4.99. The number of benzene rings is 1. The highest BCUT2D eigenvalue weighted by molar-refractivity contribution is 7.10. The number of nitrogens with zero attached hydrogens (tertiary/aromatic N) is 3. The first-order chi connectivity index (χ1) is 10.3. The number of aromatic nitrogens is 1. The van der Waals surface area contributed by atoms with Gasteiger partial charge >= 0.3 is 0 Å². The second kappa shape index (κ2) is 6.12. The summed E-state index contributed by atoms with van der Waals surface area (Å²) in [4.78, 5) is 11.8. The molecule has 1 aromatic carbocycles. The first kappa shape index (κ1) is 13.9. The summed E-state index contributed by atoms with van der Waals surface area (Å²) in [6.07, 6.45) is 3.49. The van der Waals surface area contributed by atoms with Gasteiger partial charge in [-0.25, -0.2) is 5.01 Å². The van der Waals surface area contributed by atoms with Crippen molar-refractivity contribution in [2.75, 3.05) is 18.1 Å². The van der Waals surface area contributed by atoms with Gasteiger partial charge in [0.15, 0.2) is 10.6 Å². The van der Waals surface area contributed by atoms with E-state index in [1.807, 2.05) is 41.4 Å². The van der Waals surface area contributed by atoms with Crippen LogP contribution in [0.1, 0.15) is 24.8 Å². The van der Waals surface area contributed by atoms with Crippen molar-refractivity contribution in [3.05, 3.63) is 46.2 Å². The van der Waals surface area contributed by atoms with Crippen LogP contribution in [0.15, 0.2) is 35.1 Å². The standard InChI is InChI=1S/C15H16N4OS/c16-11-13-14(20)17-21-15(13)19(12-7-3-1-4-8-12)18-9-5-2-6-10-18/h1,3-4,7-8H,2,5-6,9-10H2,(H,17,20). The van der Waals surface area contributed by atoms with E-state index in [2.05, 4.69) is 9.38 Å². The summed E-state index contributed by atoms with van der Waals surface area (Å²) in [6, 6.07) is 11.9. The summed E-state index contributed by atoms with van der Waals surface area (Å²) in [7, 11) is 0. The smallest absolute Gasteiger partial charge is 0.275 e. The number of piperidine rings is 1. The molecule has 0 saturated carbocycles. The fourth-order valence-corrected chi connectivity index (χ4v) is 3.44. The summed E-state index contributed by atoms with van der Waals surface area (Å²) in [5.74, 6) is 0. The third-order valence-corrected chi connectivity index (χ3v) is 4.46. The molecule has 1 aliphatic heterocycles. The normalized spacial score (nSPS) is 15.6. The van der Waals surface area contributed by atoms with Crippen molar-refractivity contribution >= 4 is 22.2 Å². The lowest BCUT2D eigenvalue weighted by Crippen LogP contribution is -2.42. The Morgan fingerprint density at radius 1 is 1.19 bits per heavy atom. The van der Waals surface area contributed by atoms with E-state index >= 15 is 0 Å². The largest absolute Gasteiger partial charge is 0.278 e. The molecule has 5 nitrogen and oxygen atoms in total. The van der Waals surface area contributed by atoms with Crippen LogP contribution in [0.4, 0.5) is 10.7 Å². The van der Waals surface area contributed by atoms with Gasteiger partial charge in [-0.05, 0) is 36.5 Å². The lowest BCUT2D eigenvalue weighted by Gasteiger charge is -2.37. The molecule has 6 heteroatoms. The molecule has 1 fully saturated rings. The topological polar surface area (TPSA) is 63.1 Å². The number of H-pyrrole nitrogens is 1. The number of nitriles is 1. The highest BCUT2D eigenvalue weighted by Crippen LogP contribution is 2.32. The van der Waals surface area contributed by atoms with Gasteiger partial charge < -0.3 is 0 Å². The molecule has 108 valence electrons. The predicted molar refractivity (Wildman–Crippen MR) is 83.7 cm³/mol. The van der Waals surface area contributed by atoms with Gasteiger partial charge in [-0.15, -0.1) is 0 Å². The maximum absolute atomic E-state index is 11.8. The number of para-hydroxylation sites is 1. The monoisotopic (exact) mass is 300 g/mol. The summed E-state index contributed by atoms with van der Waals surface area (Å²) in [5.41, 5.74) is 0.857. The van der Waals surface area contributed by atoms with E-state index in [1.165, 1.54) is 18.0 Å². The Morgan fingerprint density at radius 2 is 1.90 bits per heavy atom. The van der Waals surface area contributed by atoms with Crippen LogP contribution in [0.2, 0.25) is 0 Å². The van der Waals surface area contributed by atoms with Gasteiger partial charge in [0, 0.05) is 13.1 Å². The van der Waals surface area contributed by atoms with Gasteiger partial charge in [0.1, 0.15) is 6.07 Å². The summed E-state index contributed by atoms with van der Waals surface area (Å²) in [5, 5.41) is 14.2. The maximum Gasteiger partial charge on any atom is 0.278 e. The van der Waals surface area contributed by atoms with Crippen molar-refractivity contribution < 1.29 is 0 Å². The zero-order chi connectivity index (χ0) is 14.7. The zero-order valence-corrected chi connectivity index (χ0v) is 12.4. The summed E-state index contributed by atoms with van der Waals surface area (Å²) < 4.78 is 2.67. The van der Waals surface area contributed by atoms with Crippen LogP contribution in [-0.4, -0.2) is 22.5 Å². The van der Waals surface area contributed by atoms with Crippen LogP contribution in [0, 0.1) is 11.3 Å². The molecular formula is C15H16N4OS. The predicted octanol–water partition coefficient (Wildman–Crippen LogP) is 2.85. The zero-order valence-electron chi connectivity index (χ0n) is 11.6. The molecule has 0 atom stereocenters. The number of rotatable bonds is 3. The molecule has 0 bridgehead atoms. The quantitative estimate of drug-likeness (QED) is 0.946. The molecule has 2 heterocycles. The summed E-state index contributed by atoms with van der Waals surface area (Å²) >= 11 is 1.22. The summed E-state index contributed by atoms with van der Waals surface area (Å²) in [6.45, 7) is 1.87. The molecule has 0 spiro atoms. The molecule has 0 unspecified atom stereocenters. The van der Waals surface area contributed by atoms with E-state index < -0.39 is 0 Å². The molecule has 1 saturated heterocycles. The van der Waals surface area contributed by atoms with Crippen LogP contribution >= 0.6 is 11.5 Å². The second-order valence-corrected chi connectivity index (χ2v) is 5.78. The first-order valence-corrected chi connectivity index (χ1v) is 7.84. The van der Waals surface area contributed by atoms with Crippen LogP contribution in [-0.2, 0) is 0 Å². The van der Waals surface area contributed by atoms with Crippen molar-refractivity contribution in [3.8, 4) is 6.07 Å². The number of hydrogen-bond acceptors (Lipinski definition) is 5. The van der Waals surface area contributed by atoms with Gasteiger partial charge in [0.25, 0.3) is 5.56 Å². The Labute approximate surface area is 127 Å². The number of hydrogen-bond donors (Lipinski definition) is 1.